The number of nitrogens with zero attached hydrogens (tertiary/aromatic N) is 2. The Labute approximate surface area is 147 Å². The molecule has 138 valence electrons. The molecule has 0 aromatic heterocycles. The molecule has 0 saturated carbocycles. The van der Waals surface area contributed by atoms with Crippen molar-refractivity contribution in [3.05, 3.63) is 25.3 Å². The van der Waals surface area contributed by atoms with Crippen LogP contribution in [0.3, 0.4) is 0 Å². The highest BCUT2D eigenvalue weighted by Crippen LogP contribution is 2.05. The highest BCUT2D eigenvalue weighted by atomic mass is 16.2. The topological polar surface area (TPSA) is 58.2 Å². The Morgan fingerprint density at radius 1 is 0.750 bits per heavy atom. The van der Waals surface area contributed by atoms with Gasteiger partial charge in [-0.1, -0.05) is 13.2 Å². The zero-order valence-electron chi connectivity index (χ0n) is 15.9. The van der Waals surface area contributed by atoms with E-state index in [0.29, 0.717) is 13.1 Å². The Morgan fingerprint density at radius 3 is 1.38 bits per heavy atom. The van der Waals surface area contributed by atoms with Gasteiger partial charge < -0.3 is 19.6 Å². The molecule has 0 spiro atoms. The van der Waals surface area contributed by atoms with Crippen molar-refractivity contribution in [3.63, 3.8) is 0 Å². The van der Waals surface area contributed by atoms with Crippen LogP contribution < -0.4 is 10.6 Å². The normalized spacial score (nSPS) is 11.7. The van der Waals surface area contributed by atoms with Crippen molar-refractivity contribution in [1.29, 1.82) is 0 Å². The summed E-state index contributed by atoms with van der Waals surface area (Å²) < 4.78 is 1.86. The van der Waals surface area contributed by atoms with Gasteiger partial charge in [-0.15, -0.1) is 0 Å². The number of carbonyl (C=O) groups is 2. The van der Waals surface area contributed by atoms with Crippen molar-refractivity contribution in [2.24, 2.45) is 0 Å². The molecule has 0 bridgehead atoms. The van der Waals surface area contributed by atoms with Gasteiger partial charge in [0.05, 0.1) is 41.3 Å². The highest BCUT2D eigenvalue weighted by molar-refractivity contribution is 5.87. The Hall–Kier alpha value is -1.66. The third-order valence-corrected chi connectivity index (χ3v) is 4.16. The molecule has 0 fully saturated rings. The van der Waals surface area contributed by atoms with Crippen molar-refractivity contribution < 1.29 is 18.6 Å². The molecule has 0 unspecified atom stereocenters. The van der Waals surface area contributed by atoms with Crippen LogP contribution in [0.5, 0.6) is 0 Å². The van der Waals surface area contributed by atoms with Crippen LogP contribution in [0.2, 0.25) is 0 Å². The molecule has 0 aromatic rings. The smallest absolute Gasteiger partial charge is 0.243 e. The number of likely N-dealkylation sites (N-methyl/N-ethyl adjacent to an activating group) is 2. The summed E-state index contributed by atoms with van der Waals surface area (Å²) >= 11 is 0. The Kier molecular flexibility index (Phi) is 10.2. The second-order valence-electron chi connectivity index (χ2n) is 7.46. The molecular formula is C18H36N4O2+2. The monoisotopic (exact) mass is 340 g/mol. The van der Waals surface area contributed by atoms with Gasteiger partial charge in [0.25, 0.3) is 0 Å². The maximum absolute atomic E-state index is 11.1. The molecule has 6 heteroatoms. The summed E-state index contributed by atoms with van der Waals surface area (Å²) in [4.78, 5) is 22.2. The summed E-state index contributed by atoms with van der Waals surface area (Å²) in [6, 6.07) is 0. The Bertz CT molecular complexity index is 391. The summed E-state index contributed by atoms with van der Waals surface area (Å²) in [5.41, 5.74) is 0. The maximum atomic E-state index is 11.1. The van der Waals surface area contributed by atoms with Gasteiger partial charge in [-0.2, -0.15) is 0 Å². The number of hydrogen-bond donors (Lipinski definition) is 2. The average Bonchev–Trinajstić information content (AvgIpc) is 2.53. The van der Waals surface area contributed by atoms with Crippen molar-refractivity contribution >= 4 is 11.8 Å². The summed E-state index contributed by atoms with van der Waals surface area (Å²) in [5.74, 6) is -0.219. The fourth-order valence-electron chi connectivity index (χ4n) is 2.35. The van der Waals surface area contributed by atoms with E-state index in [9.17, 15) is 9.59 Å². The third kappa shape index (κ3) is 11.8. The lowest BCUT2D eigenvalue weighted by Crippen LogP contribution is -2.52. The van der Waals surface area contributed by atoms with Crippen molar-refractivity contribution in [1.82, 2.24) is 10.6 Å². The van der Waals surface area contributed by atoms with Gasteiger partial charge in [-0.05, 0) is 12.2 Å². The minimum absolute atomic E-state index is 0.110. The van der Waals surface area contributed by atoms with Gasteiger partial charge in [-0.3, -0.25) is 9.59 Å². The van der Waals surface area contributed by atoms with Crippen molar-refractivity contribution in [3.8, 4) is 0 Å². The first-order valence-corrected chi connectivity index (χ1v) is 8.56. The van der Waals surface area contributed by atoms with E-state index < -0.39 is 0 Å². The molecule has 0 aliphatic heterocycles. The molecular weight excluding hydrogens is 304 g/mol. The lowest BCUT2D eigenvalue weighted by atomic mass is 10.3. The maximum Gasteiger partial charge on any atom is 0.243 e. The van der Waals surface area contributed by atoms with Crippen LogP contribution in [0.1, 0.15) is 12.8 Å². The molecule has 2 amide bonds. The summed E-state index contributed by atoms with van der Waals surface area (Å²) in [6.07, 6.45) is 4.51. The number of quaternary nitrogens is 2. The number of rotatable bonds is 13. The Balaban J connectivity index is 3.99. The van der Waals surface area contributed by atoms with Crippen LogP contribution in [-0.4, -0.2) is 88.2 Å². The van der Waals surface area contributed by atoms with E-state index >= 15 is 0 Å². The standard InChI is InChI=1S/C18H34N4O2/c1-7-17(23)19-11-9-13-21(3,4)15-16-22(5,6)14-10-12-20-18(24)8-2/h7-8H,1-2,9-16H2,3-6H3/p+2. The molecule has 6 nitrogen and oxygen atoms in total. The van der Waals surface area contributed by atoms with Gasteiger partial charge in [-0.25, -0.2) is 0 Å². The molecule has 0 rings (SSSR count). The molecule has 0 aliphatic rings. The number of amides is 2. The molecule has 0 heterocycles. The average molecular weight is 341 g/mol. The first-order chi connectivity index (χ1) is 11.1. The quantitative estimate of drug-likeness (QED) is 0.292. The van der Waals surface area contributed by atoms with Crippen LogP contribution in [0.4, 0.5) is 0 Å². The first-order valence-electron chi connectivity index (χ1n) is 8.56. The van der Waals surface area contributed by atoms with Crippen LogP contribution in [0, 0.1) is 0 Å². The minimum atomic E-state index is -0.110. The first kappa shape index (κ1) is 22.3. The van der Waals surface area contributed by atoms with Crippen LogP contribution in [0.25, 0.3) is 0 Å². The van der Waals surface area contributed by atoms with Gasteiger partial charge in [0.15, 0.2) is 0 Å². The molecule has 0 aliphatic carbocycles. The molecule has 24 heavy (non-hydrogen) atoms. The van der Waals surface area contributed by atoms with E-state index in [1.54, 1.807) is 0 Å². The van der Waals surface area contributed by atoms with E-state index in [2.05, 4.69) is 52.0 Å². The third-order valence-electron chi connectivity index (χ3n) is 4.16. The lowest BCUT2D eigenvalue weighted by Gasteiger charge is -2.35. The number of nitrogens with one attached hydrogen (secondary N) is 2. The van der Waals surface area contributed by atoms with E-state index in [0.717, 1.165) is 48.0 Å². The molecule has 0 atom stereocenters. The molecule has 2 N–H and O–H groups in total. The Morgan fingerprint density at radius 2 is 1.08 bits per heavy atom. The predicted octanol–water partition coefficient (Wildman–Crippen LogP) is 0.524. The molecule has 0 aromatic carbocycles. The highest BCUT2D eigenvalue weighted by Gasteiger charge is 2.22. The van der Waals surface area contributed by atoms with Crippen molar-refractivity contribution in [2.45, 2.75) is 12.8 Å². The van der Waals surface area contributed by atoms with E-state index in [-0.39, 0.29) is 11.8 Å². The summed E-state index contributed by atoms with van der Waals surface area (Å²) in [5, 5.41) is 5.63. The summed E-state index contributed by atoms with van der Waals surface area (Å²) in [7, 11) is 8.89. The number of hydrogen-bond acceptors (Lipinski definition) is 2. The number of carbonyl (C=O) groups excluding carboxylic acids is 2. The zero-order valence-corrected chi connectivity index (χ0v) is 15.9. The van der Waals surface area contributed by atoms with Gasteiger partial charge in [0.2, 0.25) is 11.8 Å². The zero-order chi connectivity index (χ0) is 18.6. The molecule has 0 saturated heterocycles. The SMILES string of the molecule is C=CC(=O)NCCC[N+](C)(C)CC[N+](C)(C)CCCNC(=O)C=C. The summed E-state index contributed by atoms with van der Waals surface area (Å²) in [6.45, 7) is 12.4. The van der Waals surface area contributed by atoms with Crippen LogP contribution in [0.15, 0.2) is 25.3 Å². The van der Waals surface area contributed by atoms with E-state index in [1.807, 2.05) is 0 Å². The fraction of sp³-hybridized carbons (Fsp3) is 0.667. The predicted molar refractivity (Wildman–Crippen MR) is 99.3 cm³/mol. The van der Waals surface area contributed by atoms with Gasteiger partial charge in [0, 0.05) is 25.9 Å². The second kappa shape index (κ2) is 11.0. The van der Waals surface area contributed by atoms with Gasteiger partial charge in [0.1, 0.15) is 13.1 Å². The van der Waals surface area contributed by atoms with Crippen LogP contribution >= 0.6 is 0 Å². The van der Waals surface area contributed by atoms with Crippen LogP contribution in [-0.2, 0) is 9.59 Å². The van der Waals surface area contributed by atoms with Crippen molar-refractivity contribution in [2.75, 3.05) is 67.5 Å². The largest absolute Gasteiger partial charge is 0.352 e. The van der Waals surface area contributed by atoms with E-state index in [4.69, 9.17) is 0 Å². The van der Waals surface area contributed by atoms with E-state index in [1.165, 1.54) is 12.2 Å². The van der Waals surface area contributed by atoms with Gasteiger partial charge >= 0.3 is 0 Å². The lowest BCUT2D eigenvalue weighted by molar-refractivity contribution is -0.945. The molecule has 0 radical (unpaired) electrons. The fourth-order valence-corrected chi connectivity index (χ4v) is 2.35. The minimum Gasteiger partial charge on any atom is -0.352 e. The second-order valence-corrected chi connectivity index (χ2v) is 7.46.